The first-order valence-electron chi connectivity index (χ1n) is 6.81. The van der Waals surface area contributed by atoms with Gasteiger partial charge in [-0.1, -0.05) is 36.4 Å². The molecule has 2 atom stereocenters. The molecule has 2 nitrogen and oxygen atoms in total. The predicted octanol–water partition coefficient (Wildman–Crippen LogP) is 3.75. The average molecular weight is 251 g/mol. The number of rotatable bonds is 1. The molecular formula is C17H17NO. The van der Waals surface area contributed by atoms with Crippen LogP contribution in [0.1, 0.15) is 29.4 Å². The van der Waals surface area contributed by atoms with E-state index in [1.165, 1.54) is 22.9 Å². The van der Waals surface area contributed by atoms with Gasteiger partial charge in [-0.2, -0.15) is 0 Å². The number of hydrogen-bond acceptors (Lipinski definition) is 2. The van der Waals surface area contributed by atoms with Crippen molar-refractivity contribution in [1.29, 1.82) is 0 Å². The van der Waals surface area contributed by atoms with E-state index >= 15 is 0 Å². The molecule has 0 spiro atoms. The summed E-state index contributed by atoms with van der Waals surface area (Å²) < 4.78 is 0. The second-order valence-electron chi connectivity index (χ2n) is 5.80. The van der Waals surface area contributed by atoms with E-state index in [0.29, 0.717) is 17.6 Å². The highest BCUT2D eigenvalue weighted by Gasteiger charge is 2.38. The Kier molecular flexibility index (Phi) is 2.03. The minimum atomic E-state index is 0.431. The third-order valence-corrected chi connectivity index (χ3v) is 4.51. The molecule has 2 aliphatic rings. The van der Waals surface area contributed by atoms with Crippen LogP contribution in [0.5, 0.6) is 5.75 Å². The standard InChI is InChI=1S/C17H17NO/c1-18(2)16-15-11-8-7-10(9-11)14(15)12-5-3-4-6-13(12)17(16)19/h3-8,10-11,19H,9H2,1-2H3/t10-,11+/m1/s1. The fraction of sp³-hybridized carbons (Fsp3) is 0.294. The lowest BCUT2D eigenvalue weighted by Crippen LogP contribution is -2.13. The number of anilines is 1. The maximum absolute atomic E-state index is 10.6. The molecule has 2 bridgehead atoms. The molecule has 19 heavy (non-hydrogen) atoms. The quantitative estimate of drug-likeness (QED) is 0.780. The highest BCUT2D eigenvalue weighted by Crippen LogP contribution is 2.57. The third-order valence-electron chi connectivity index (χ3n) is 4.51. The number of benzene rings is 2. The van der Waals surface area contributed by atoms with Crippen molar-refractivity contribution in [3.8, 4) is 5.75 Å². The zero-order chi connectivity index (χ0) is 13.1. The van der Waals surface area contributed by atoms with Crippen molar-refractivity contribution in [2.24, 2.45) is 0 Å². The summed E-state index contributed by atoms with van der Waals surface area (Å²) in [6.07, 6.45) is 5.80. The van der Waals surface area contributed by atoms with Crippen LogP contribution in [0.15, 0.2) is 36.4 Å². The number of phenols is 1. The third kappa shape index (κ3) is 1.26. The Bertz CT molecular complexity index is 715. The maximum Gasteiger partial charge on any atom is 0.146 e. The minimum Gasteiger partial charge on any atom is -0.505 e. The van der Waals surface area contributed by atoms with Crippen molar-refractivity contribution in [3.05, 3.63) is 47.5 Å². The molecule has 2 aliphatic carbocycles. The van der Waals surface area contributed by atoms with Gasteiger partial charge >= 0.3 is 0 Å². The molecular weight excluding hydrogens is 234 g/mol. The molecule has 0 aromatic heterocycles. The smallest absolute Gasteiger partial charge is 0.146 e. The van der Waals surface area contributed by atoms with Gasteiger partial charge in [-0.05, 0) is 22.9 Å². The first-order chi connectivity index (χ1) is 9.18. The highest BCUT2D eigenvalue weighted by molar-refractivity contribution is 5.99. The summed E-state index contributed by atoms with van der Waals surface area (Å²) in [6, 6.07) is 8.22. The van der Waals surface area contributed by atoms with E-state index in [0.717, 1.165) is 11.1 Å². The van der Waals surface area contributed by atoms with E-state index in [9.17, 15) is 5.11 Å². The van der Waals surface area contributed by atoms with Gasteiger partial charge < -0.3 is 10.0 Å². The number of aromatic hydroxyl groups is 1. The van der Waals surface area contributed by atoms with Gasteiger partial charge in [0.2, 0.25) is 0 Å². The molecule has 0 fully saturated rings. The predicted molar refractivity (Wildman–Crippen MR) is 79.2 cm³/mol. The monoisotopic (exact) mass is 251 g/mol. The molecule has 2 aromatic carbocycles. The summed E-state index contributed by atoms with van der Waals surface area (Å²) in [6.45, 7) is 0. The Morgan fingerprint density at radius 2 is 1.63 bits per heavy atom. The van der Waals surface area contributed by atoms with E-state index in [-0.39, 0.29) is 0 Å². The Labute approximate surface area is 113 Å². The zero-order valence-electron chi connectivity index (χ0n) is 11.2. The molecule has 96 valence electrons. The molecule has 0 unspecified atom stereocenters. The van der Waals surface area contributed by atoms with Crippen molar-refractivity contribution < 1.29 is 5.11 Å². The first kappa shape index (κ1) is 10.9. The van der Waals surface area contributed by atoms with Crippen LogP contribution < -0.4 is 4.90 Å². The van der Waals surface area contributed by atoms with Gasteiger partial charge in [0, 0.05) is 31.3 Å². The van der Waals surface area contributed by atoms with Gasteiger partial charge in [0.15, 0.2) is 0 Å². The second-order valence-corrected chi connectivity index (χ2v) is 5.80. The molecule has 2 aromatic rings. The largest absolute Gasteiger partial charge is 0.505 e. The van der Waals surface area contributed by atoms with Crippen molar-refractivity contribution in [2.75, 3.05) is 19.0 Å². The summed E-state index contributed by atoms with van der Waals surface area (Å²) in [5.41, 5.74) is 3.78. The number of hydrogen-bond donors (Lipinski definition) is 1. The molecule has 0 aliphatic heterocycles. The lowest BCUT2D eigenvalue weighted by atomic mass is 9.89. The Morgan fingerprint density at radius 3 is 2.32 bits per heavy atom. The fourth-order valence-corrected chi connectivity index (χ4v) is 3.81. The van der Waals surface area contributed by atoms with Crippen LogP contribution in [0.2, 0.25) is 0 Å². The van der Waals surface area contributed by atoms with Gasteiger partial charge in [-0.15, -0.1) is 0 Å². The normalized spacial score (nSPS) is 23.1. The second kappa shape index (κ2) is 3.53. The van der Waals surface area contributed by atoms with Gasteiger partial charge in [-0.25, -0.2) is 0 Å². The Hall–Kier alpha value is -1.96. The minimum absolute atomic E-state index is 0.431. The maximum atomic E-state index is 10.6. The lowest BCUT2D eigenvalue weighted by Gasteiger charge is -2.25. The van der Waals surface area contributed by atoms with E-state index < -0.39 is 0 Å². The summed E-state index contributed by atoms with van der Waals surface area (Å²) in [7, 11) is 4.03. The molecule has 0 radical (unpaired) electrons. The van der Waals surface area contributed by atoms with Crippen LogP contribution >= 0.6 is 0 Å². The highest BCUT2D eigenvalue weighted by atomic mass is 16.3. The number of phenolic OH excluding ortho intramolecular Hbond substituents is 1. The Balaban J connectivity index is 2.19. The van der Waals surface area contributed by atoms with Gasteiger partial charge in [-0.3, -0.25) is 0 Å². The number of nitrogens with zero attached hydrogens (tertiary/aromatic N) is 1. The summed E-state index contributed by atoms with van der Waals surface area (Å²) in [5.74, 6) is 1.44. The van der Waals surface area contributed by atoms with Crippen molar-refractivity contribution in [2.45, 2.75) is 18.3 Å². The molecule has 4 rings (SSSR count). The molecule has 0 amide bonds. The van der Waals surface area contributed by atoms with E-state index in [1.807, 2.05) is 26.2 Å². The van der Waals surface area contributed by atoms with Crippen LogP contribution in [-0.4, -0.2) is 19.2 Å². The van der Waals surface area contributed by atoms with Gasteiger partial charge in [0.25, 0.3) is 0 Å². The van der Waals surface area contributed by atoms with Crippen LogP contribution in [0.4, 0.5) is 5.69 Å². The van der Waals surface area contributed by atoms with Crippen LogP contribution in [0.25, 0.3) is 10.8 Å². The van der Waals surface area contributed by atoms with Gasteiger partial charge in [0.05, 0.1) is 5.69 Å². The van der Waals surface area contributed by atoms with Crippen LogP contribution in [0, 0.1) is 0 Å². The molecule has 2 heteroatoms. The summed E-state index contributed by atoms with van der Waals surface area (Å²) in [5, 5.41) is 12.8. The average Bonchev–Trinajstić information content (AvgIpc) is 3.00. The SMILES string of the molecule is CN(C)c1c2c(c3ccccc3c1O)[C@@H]1C=C[C@H]2C1. The fourth-order valence-electron chi connectivity index (χ4n) is 3.81. The lowest BCUT2D eigenvalue weighted by molar-refractivity contribution is 0.481. The van der Waals surface area contributed by atoms with Crippen LogP contribution in [-0.2, 0) is 0 Å². The van der Waals surface area contributed by atoms with E-state index in [2.05, 4.69) is 29.2 Å². The van der Waals surface area contributed by atoms with E-state index in [4.69, 9.17) is 0 Å². The number of allylic oxidation sites excluding steroid dienone is 2. The van der Waals surface area contributed by atoms with Gasteiger partial charge in [0.1, 0.15) is 5.75 Å². The summed E-state index contributed by atoms with van der Waals surface area (Å²) >= 11 is 0. The van der Waals surface area contributed by atoms with E-state index in [1.54, 1.807) is 0 Å². The number of fused-ring (bicyclic) bond motifs is 7. The molecule has 0 saturated heterocycles. The Morgan fingerprint density at radius 1 is 1.00 bits per heavy atom. The molecule has 0 saturated carbocycles. The van der Waals surface area contributed by atoms with Crippen LogP contribution in [0.3, 0.4) is 0 Å². The molecule has 0 heterocycles. The molecule has 1 N–H and O–H groups in total. The van der Waals surface area contributed by atoms with Crippen molar-refractivity contribution in [1.82, 2.24) is 0 Å². The first-order valence-corrected chi connectivity index (χ1v) is 6.81. The summed E-state index contributed by atoms with van der Waals surface area (Å²) in [4.78, 5) is 2.05. The zero-order valence-corrected chi connectivity index (χ0v) is 11.2. The van der Waals surface area contributed by atoms with Crippen molar-refractivity contribution >= 4 is 16.5 Å². The van der Waals surface area contributed by atoms with Crippen molar-refractivity contribution in [3.63, 3.8) is 0 Å². The topological polar surface area (TPSA) is 23.5 Å².